The van der Waals surface area contributed by atoms with E-state index in [9.17, 15) is 4.79 Å². The van der Waals surface area contributed by atoms with Crippen LogP contribution in [-0.4, -0.2) is 13.0 Å². The van der Waals surface area contributed by atoms with Gasteiger partial charge in [-0.3, -0.25) is 4.79 Å². The van der Waals surface area contributed by atoms with E-state index in [-0.39, 0.29) is 5.91 Å². The summed E-state index contributed by atoms with van der Waals surface area (Å²) in [5.41, 5.74) is 2.50. The van der Waals surface area contributed by atoms with Crippen molar-refractivity contribution in [3.8, 4) is 5.75 Å². The highest BCUT2D eigenvalue weighted by atomic mass is 35.5. The molecule has 4 heteroatoms. The number of hydrogen-bond acceptors (Lipinski definition) is 2. The second-order valence-electron chi connectivity index (χ2n) is 5.59. The second kappa shape index (κ2) is 7.86. The first kappa shape index (κ1) is 17.1. The minimum atomic E-state index is -0.400. The number of carbonyl (C=O) groups is 1. The van der Waals surface area contributed by atoms with Crippen LogP contribution in [0.15, 0.2) is 78.9 Å². The zero-order valence-corrected chi connectivity index (χ0v) is 14.5. The molecule has 0 saturated carbocycles. The van der Waals surface area contributed by atoms with Crippen LogP contribution in [0.2, 0.25) is 5.02 Å². The van der Waals surface area contributed by atoms with Gasteiger partial charge < -0.3 is 10.1 Å². The molecule has 0 aliphatic rings. The molecule has 3 rings (SSSR count). The predicted molar refractivity (Wildman–Crippen MR) is 101 cm³/mol. The highest BCUT2D eigenvalue weighted by Gasteiger charge is 2.22. The SMILES string of the molecule is COc1ccc(NC(=O)C(c2ccccc2)c2ccccc2)cc1Cl. The molecule has 0 aromatic heterocycles. The van der Waals surface area contributed by atoms with Crippen LogP contribution < -0.4 is 10.1 Å². The van der Waals surface area contributed by atoms with Crippen molar-refractivity contribution >= 4 is 23.2 Å². The number of nitrogens with one attached hydrogen (secondary N) is 1. The first-order valence-electron chi connectivity index (χ1n) is 7.93. The normalized spacial score (nSPS) is 10.5. The van der Waals surface area contributed by atoms with Gasteiger partial charge in [-0.15, -0.1) is 0 Å². The number of carbonyl (C=O) groups excluding carboxylic acids is 1. The fraction of sp³-hybridized carbons (Fsp3) is 0.0952. The molecule has 0 bridgehead atoms. The van der Waals surface area contributed by atoms with Gasteiger partial charge in [-0.05, 0) is 29.3 Å². The van der Waals surface area contributed by atoms with Gasteiger partial charge in [0, 0.05) is 5.69 Å². The molecule has 126 valence electrons. The van der Waals surface area contributed by atoms with Crippen LogP contribution >= 0.6 is 11.6 Å². The van der Waals surface area contributed by atoms with Crippen LogP contribution in [0.1, 0.15) is 17.0 Å². The summed E-state index contributed by atoms with van der Waals surface area (Å²) in [4.78, 5) is 13.0. The Morgan fingerprint density at radius 1 is 0.920 bits per heavy atom. The molecule has 1 N–H and O–H groups in total. The molecule has 0 aliphatic carbocycles. The number of rotatable bonds is 5. The zero-order valence-electron chi connectivity index (χ0n) is 13.8. The number of benzene rings is 3. The van der Waals surface area contributed by atoms with Crippen LogP contribution in [0.4, 0.5) is 5.69 Å². The quantitative estimate of drug-likeness (QED) is 0.692. The largest absolute Gasteiger partial charge is 0.495 e. The molecule has 0 atom stereocenters. The number of anilines is 1. The smallest absolute Gasteiger partial charge is 0.236 e. The standard InChI is InChI=1S/C21H18ClNO2/c1-25-19-13-12-17(14-18(19)22)23-21(24)20(15-8-4-2-5-9-15)16-10-6-3-7-11-16/h2-14,20H,1H3,(H,23,24). The Labute approximate surface area is 152 Å². The van der Waals surface area contributed by atoms with E-state index in [4.69, 9.17) is 16.3 Å². The van der Waals surface area contributed by atoms with Gasteiger partial charge in [0.05, 0.1) is 18.1 Å². The Bertz CT molecular complexity index is 811. The van der Waals surface area contributed by atoms with Gasteiger partial charge >= 0.3 is 0 Å². The fourth-order valence-electron chi connectivity index (χ4n) is 2.74. The Balaban J connectivity index is 1.91. The molecule has 3 nitrogen and oxygen atoms in total. The van der Waals surface area contributed by atoms with Gasteiger partial charge in [0.1, 0.15) is 5.75 Å². The number of amides is 1. The first-order chi connectivity index (χ1) is 12.2. The Morgan fingerprint density at radius 3 is 1.96 bits per heavy atom. The van der Waals surface area contributed by atoms with E-state index in [1.807, 2.05) is 60.7 Å². The highest BCUT2D eigenvalue weighted by Crippen LogP contribution is 2.30. The minimum Gasteiger partial charge on any atom is -0.495 e. The summed E-state index contributed by atoms with van der Waals surface area (Å²) in [6.45, 7) is 0. The third kappa shape index (κ3) is 4.01. The molecule has 1 amide bonds. The third-order valence-corrected chi connectivity index (χ3v) is 4.24. The van der Waals surface area contributed by atoms with Crippen molar-refractivity contribution in [1.29, 1.82) is 0 Å². The Morgan fingerprint density at radius 2 is 1.48 bits per heavy atom. The van der Waals surface area contributed by atoms with Gasteiger partial charge in [-0.1, -0.05) is 72.3 Å². The van der Waals surface area contributed by atoms with Crippen molar-refractivity contribution in [3.63, 3.8) is 0 Å². The Kier molecular flexibility index (Phi) is 5.36. The van der Waals surface area contributed by atoms with Crippen molar-refractivity contribution < 1.29 is 9.53 Å². The number of hydrogen-bond donors (Lipinski definition) is 1. The van der Waals surface area contributed by atoms with Crippen LogP contribution in [0.3, 0.4) is 0 Å². The molecule has 0 fully saturated rings. The summed E-state index contributed by atoms with van der Waals surface area (Å²) >= 11 is 6.15. The monoisotopic (exact) mass is 351 g/mol. The van der Waals surface area contributed by atoms with Gasteiger partial charge in [0.2, 0.25) is 5.91 Å². The van der Waals surface area contributed by atoms with E-state index >= 15 is 0 Å². The molecular weight excluding hydrogens is 334 g/mol. The van der Waals surface area contributed by atoms with Crippen LogP contribution in [0.5, 0.6) is 5.75 Å². The van der Waals surface area contributed by atoms with Crippen molar-refractivity contribution in [3.05, 3.63) is 95.0 Å². The molecule has 0 saturated heterocycles. The summed E-state index contributed by atoms with van der Waals surface area (Å²) in [5, 5.41) is 3.41. The lowest BCUT2D eigenvalue weighted by atomic mass is 9.90. The number of methoxy groups -OCH3 is 1. The lowest BCUT2D eigenvalue weighted by Gasteiger charge is -2.18. The molecule has 25 heavy (non-hydrogen) atoms. The number of halogens is 1. The molecule has 0 radical (unpaired) electrons. The van der Waals surface area contributed by atoms with Crippen molar-refractivity contribution in [1.82, 2.24) is 0 Å². The first-order valence-corrected chi connectivity index (χ1v) is 8.31. The van der Waals surface area contributed by atoms with Gasteiger partial charge in [-0.25, -0.2) is 0 Å². The van der Waals surface area contributed by atoms with Crippen LogP contribution in [-0.2, 0) is 4.79 Å². The lowest BCUT2D eigenvalue weighted by molar-refractivity contribution is -0.116. The van der Waals surface area contributed by atoms with E-state index in [2.05, 4.69) is 5.32 Å². The highest BCUT2D eigenvalue weighted by molar-refractivity contribution is 6.32. The van der Waals surface area contributed by atoms with E-state index in [0.29, 0.717) is 16.5 Å². The lowest BCUT2D eigenvalue weighted by Crippen LogP contribution is -2.22. The van der Waals surface area contributed by atoms with E-state index in [0.717, 1.165) is 11.1 Å². The van der Waals surface area contributed by atoms with Gasteiger partial charge in [0.15, 0.2) is 0 Å². The molecule has 0 aliphatic heterocycles. The summed E-state index contributed by atoms with van der Waals surface area (Å²) in [6, 6.07) is 24.6. The maximum Gasteiger partial charge on any atom is 0.236 e. The third-order valence-electron chi connectivity index (χ3n) is 3.95. The Hall–Kier alpha value is -2.78. The maximum atomic E-state index is 13.0. The number of ether oxygens (including phenoxy) is 1. The van der Waals surface area contributed by atoms with Crippen LogP contribution in [0.25, 0.3) is 0 Å². The second-order valence-corrected chi connectivity index (χ2v) is 6.00. The zero-order chi connectivity index (χ0) is 17.6. The predicted octanol–water partition coefficient (Wildman–Crippen LogP) is 5.12. The van der Waals surface area contributed by atoms with E-state index in [1.54, 1.807) is 25.3 Å². The summed E-state index contributed by atoms with van der Waals surface area (Å²) in [6.07, 6.45) is 0. The van der Waals surface area contributed by atoms with Gasteiger partial charge in [0.25, 0.3) is 0 Å². The molecule has 3 aromatic rings. The van der Waals surface area contributed by atoms with Crippen molar-refractivity contribution in [2.75, 3.05) is 12.4 Å². The maximum absolute atomic E-state index is 13.0. The molecule has 3 aromatic carbocycles. The molecule has 0 spiro atoms. The minimum absolute atomic E-state index is 0.112. The molecule has 0 heterocycles. The average Bonchev–Trinajstić information content (AvgIpc) is 2.64. The van der Waals surface area contributed by atoms with Gasteiger partial charge in [-0.2, -0.15) is 0 Å². The average molecular weight is 352 g/mol. The van der Waals surface area contributed by atoms with Crippen LogP contribution in [0, 0.1) is 0 Å². The topological polar surface area (TPSA) is 38.3 Å². The fourth-order valence-corrected chi connectivity index (χ4v) is 3.00. The van der Waals surface area contributed by atoms with Crippen molar-refractivity contribution in [2.24, 2.45) is 0 Å². The summed E-state index contributed by atoms with van der Waals surface area (Å²) < 4.78 is 5.15. The van der Waals surface area contributed by atoms with E-state index < -0.39 is 5.92 Å². The molecule has 0 unspecified atom stereocenters. The van der Waals surface area contributed by atoms with E-state index in [1.165, 1.54) is 0 Å². The summed E-state index contributed by atoms with van der Waals surface area (Å²) in [5.74, 6) is 0.0595. The van der Waals surface area contributed by atoms with Crippen molar-refractivity contribution in [2.45, 2.75) is 5.92 Å². The summed E-state index contributed by atoms with van der Waals surface area (Å²) in [7, 11) is 1.56. The molecular formula is C21H18ClNO2.